The van der Waals surface area contributed by atoms with Crippen LogP contribution in [0.15, 0.2) is 28.5 Å². The second-order valence-corrected chi connectivity index (χ2v) is 12.5. The highest BCUT2D eigenvalue weighted by molar-refractivity contribution is 7.91. The molecule has 0 saturated heterocycles. The Hall–Kier alpha value is -2.54. The van der Waals surface area contributed by atoms with Crippen LogP contribution in [-0.2, 0) is 30.8 Å². The molecule has 0 bridgehead atoms. The standard InChI is InChI=1S/C24H36N4O6S2/c1-7-24(6,14-26-36(32,33)20-16(2)27-22(35-20)28-17(3)29)34-15-23(4,5)21(31)25-13-12-18-8-10-19(30)11-9-18/h8-11,26,30H,7,12-15H2,1-6H3,(H,25,31)(H,27,28,29). The van der Waals surface area contributed by atoms with E-state index in [-0.39, 0.29) is 40.1 Å². The first-order valence-corrected chi connectivity index (χ1v) is 13.9. The molecule has 0 saturated carbocycles. The lowest BCUT2D eigenvalue weighted by atomic mass is 9.92. The molecular formula is C24H36N4O6S2. The average molecular weight is 541 g/mol. The minimum Gasteiger partial charge on any atom is -0.508 e. The van der Waals surface area contributed by atoms with Crippen molar-refractivity contribution in [1.82, 2.24) is 15.0 Å². The van der Waals surface area contributed by atoms with Crippen LogP contribution in [0, 0.1) is 12.3 Å². The third-order valence-corrected chi connectivity index (χ3v) is 8.78. The van der Waals surface area contributed by atoms with Crippen molar-refractivity contribution < 1.29 is 27.9 Å². The number of hydrogen-bond acceptors (Lipinski definition) is 8. The number of phenols is 1. The smallest absolute Gasteiger partial charge is 0.252 e. The summed E-state index contributed by atoms with van der Waals surface area (Å²) >= 11 is 0.881. The minimum absolute atomic E-state index is 0.00278. The SMILES string of the molecule is CCC(C)(CNS(=O)(=O)c1sc(NC(C)=O)nc1C)OCC(C)(C)C(=O)NCCc1ccc(O)cc1. The maximum Gasteiger partial charge on any atom is 0.252 e. The topological polar surface area (TPSA) is 147 Å². The van der Waals surface area contributed by atoms with Crippen LogP contribution in [0.1, 0.15) is 52.3 Å². The van der Waals surface area contributed by atoms with Crippen molar-refractivity contribution in [3.8, 4) is 5.75 Å². The number of anilines is 1. The Kier molecular flexibility index (Phi) is 10.0. The molecule has 12 heteroatoms. The molecule has 1 unspecified atom stereocenters. The lowest BCUT2D eigenvalue weighted by Gasteiger charge is -2.33. The number of aromatic nitrogens is 1. The van der Waals surface area contributed by atoms with E-state index >= 15 is 0 Å². The number of nitrogens with zero attached hydrogens (tertiary/aromatic N) is 1. The molecule has 36 heavy (non-hydrogen) atoms. The first-order chi connectivity index (χ1) is 16.7. The van der Waals surface area contributed by atoms with Crippen LogP contribution < -0.4 is 15.4 Å². The highest BCUT2D eigenvalue weighted by Gasteiger charge is 2.34. The maximum absolute atomic E-state index is 12.9. The van der Waals surface area contributed by atoms with E-state index in [1.807, 2.05) is 6.92 Å². The highest BCUT2D eigenvalue weighted by Crippen LogP contribution is 2.28. The summed E-state index contributed by atoms with van der Waals surface area (Å²) in [5, 5.41) is 15.0. The maximum atomic E-state index is 12.9. The van der Waals surface area contributed by atoms with Crippen molar-refractivity contribution in [3.63, 3.8) is 0 Å². The lowest BCUT2D eigenvalue weighted by molar-refractivity contribution is -0.137. The fraction of sp³-hybridized carbons (Fsp3) is 0.542. The largest absolute Gasteiger partial charge is 0.508 e. The summed E-state index contributed by atoms with van der Waals surface area (Å²) in [6.07, 6.45) is 1.13. The molecule has 1 aromatic heterocycles. The second kappa shape index (κ2) is 12.1. The van der Waals surface area contributed by atoms with Crippen LogP contribution in [0.4, 0.5) is 5.13 Å². The van der Waals surface area contributed by atoms with E-state index in [0.29, 0.717) is 25.1 Å². The molecular weight excluding hydrogens is 504 g/mol. The van der Waals surface area contributed by atoms with Crippen molar-refractivity contribution in [2.24, 2.45) is 5.41 Å². The molecule has 200 valence electrons. The molecule has 0 aliphatic heterocycles. The normalized spacial score (nSPS) is 13.7. The third kappa shape index (κ3) is 8.54. The van der Waals surface area contributed by atoms with Gasteiger partial charge in [0.1, 0.15) is 5.75 Å². The van der Waals surface area contributed by atoms with E-state index in [0.717, 1.165) is 16.9 Å². The van der Waals surface area contributed by atoms with Gasteiger partial charge in [0.2, 0.25) is 11.8 Å². The molecule has 4 N–H and O–H groups in total. The Morgan fingerprint density at radius 1 is 1.17 bits per heavy atom. The Labute approximate surface area is 216 Å². The minimum atomic E-state index is -3.88. The van der Waals surface area contributed by atoms with Gasteiger partial charge in [-0.15, -0.1) is 0 Å². The molecule has 2 amide bonds. The van der Waals surface area contributed by atoms with Crippen LogP contribution >= 0.6 is 11.3 Å². The van der Waals surface area contributed by atoms with E-state index < -0.39 is 21.0 Å². The number of thiazole rings is 1. The summed E-state index contributed by atoms with van der Waals surface area (Å²) in [6, 6.07) is 6.82. The van der Waals surface area contributed by atoms with Crippen molar-refractivity contribution in [1.29, 1.82) is 0 Å². The van der Waals surface area contributed by atoms with Gasteiger partial charge in [-0.05, 0) is 58.2 Å². The molecule has 10 nitrogen and oxygen atoms in total. The fourth-order valence-corrected chi connectivity index (χ4v) is 5.73. The summed E-state index contributed by atoms with van der Waals surface area (Å²) in [5.41, 5.74) is -0.407. The van der Waals surface area contributed by atoms with Crippen LogP contribution in [0.25, 0.3) is 0 Å². The number of sulfonamides is 1. The van der Waals surface area contributed by atoms with Crippen LogP contribution in [0.3, 0.4) is 0 Å². The number of carbonyl (C=O) groups is 2. The van der Waals surface area contributed by atoms with Crippen LogP contribution in [0.2, 0.25) is 0 Å². The molecule has 0 spiro atoms. The predicted molar refractivity (Wildman–Crippen MR) is 140 cm³/mol. The summed E-state index contributed by atoms with van der Waals surface area (Å²) in [7, 11) is -3.88. The number of aromatic hydroxyl groups is 1. The molecule has 0 aliphatic rings. The van der Waals surface area contributed by atoms with Crippen molar-refractivity contribution in [3.05, 3.63) is 35.5 Å². The summed E-state index contributed by atoms with van der Waals surface area (Å²) in [6.45, 7) is 10.6. The van der Waals surface area contributed by atoms with Crippen molar-refractivity contribution in [2.45, 2.75) is 64.2 Å². The number of amides is 2. The zero-order valence-electron chi connectivity index (χ0n) is 21.6. The molecule has 2 aromatic rings. The Bertz CT molecular complexity index is 1160. The van der Waals surface area contributed by atoms with Gasteiger partial charge in [-0.1, -0.05) is 30.4 Å². The monoisotopic (exact) mass is 540 g/mol. The average Bonchev–Trinajstić information content (AvgIpc) is 3.18. The number of nitrogens with one attached hydrogen (secondary N) is 3. The number of carbonyl (C=O) groups excluding carboxylic acids is 2. The van der Waals surface area contributed by atoms with Gasteiger partial charge in [-0.2, -0.15) is 0 Å². The molecule has 0 radical (unpaired) electrons. The van der Waals surface area contributed by atoms with E-state index in [1.165, 1.54) is 6.92 Å². The second-order valence-electron chi connectivity index (χ2n) is 9.55. The van der Waals surface area contributed by atoms with Gasteiger partial charge in [-0.3, -0.25) is 9.59 Å². The summed E-state index contributed by atoms with van der Waals surface area (Å²) in [5.74, 6) is -0.315. The summed E-state index contributed by atoms with van der Waals surface area (Å²) in [4.78, 5) is 28.1. The third-order valence-electron chi connectivity index (χ3n) is 5.70. The first-order valence-electron chi connectivity index (χ1n) is 11.6. The number of benzene rings is 1. The van der Waals surface area contributed by atoms with Gasteiger partial charge in [-0.25, -0.2) is 18.1 Å². The number of phenolic OH excluding ortho intramolecular Hbond substituents is 1. The van der Waals surface area contributed by atoms with Gasteiger partial charge < -0.3 is 20.5 Å². The van der Waals surface area contributed by atoms with Gasteiger partial charge in [0.15, 0.2) is 9.34 Å². The number of rotatable bonds is 13. The Balaban J connectivity index is 1.93. The molecule has 0 fully saturated rings. The van der Waals surface area contributed by atoms with Crippen LogP contribution in [-0.4, -0.2) is 55.6 Å². The zero-order chi connectivity index (χ0) is 27.1. The zero-order valence-corrected chi connectivity index (χ0v) is 23.2. The Morgan fingerprint density at radius 3 is 2.39 bits per heavy atom. The molecule has 2 rings (SSSR count). The highest BCUT2D eigenvalue weighted by atomic mass is 32.2. The predicted octanol–water partition coefficient (Wildman–Crippen LogP) is 2.96. The van der Waals surface area contributed by atoms with Gasteiger partial charge >= 0.3 is 0 Å². The van der Waals surface area contributed by atoms with Crippen molar-refractivity contribution >= 4 is 38.3 Å². The van der Waals surface area contributed by atoms with Gasteiger partial charge in [0.25, 0.3) is 10.0 Å². The molecule has 1 heterocycles. The van der Waals surface area contributed by atoms with E-state index in [2.05, 4.69) is 20.3 Å². The van der Waals surface area contributed by atoms with Crippen LogP contribution in [0.5, 0.6) is 5.75 Å². The van der Waals surface area contributed by atoms with Gasteiger partial charge in [0.05, 0.1) is 23.3 Å². The van der Waals surface area contributed by atoms with E-state index in [4.69, 9.17) is 4.74 Å². The fourth-order valence-electron chi connectivity index (χ4n) is 3.07. The Morgan fingerprint density at radius 2 is 1.81 bits per heavy atom. The molecule has 0 aliphatic carbocycles. The quantitative estimate of drug-likeness (QED) is 0.305. The van der Waals surface area contributed by atoms with Gasteiger partial charge in [0, 0.05) is 20.0 Å². The number of hydrogen-bond donors (Lipinski definition) is 4. The lowest BCUT2D eigenvalue weighted by Crippen LogP contribution is -2.47. The first kappa shape index (κ1) is 29.7. The van der Waals surface area contributed by atoms with E-state index in [1.54, 1.807) is 52.0 Å². The number of ether oxygens (including phenoxy) is 1. The number of aryl methyl sites for hydroxylation is 1. The molecule has 1 atom stereocenters. The molecule has 1 aromatic carbocycles. The summed E-state index contributed by atoms with van der Waals surface area (Å²) < 4.78 is 34.5. The van der Waals surface area contributed by atoms with Crippen molar-refractivity contribution in [2.75, 3.05) is 25.0 Å². The van der Waals surface area contributed by atoms with E-state index in [9.17, 15) is 23.1 Å².